The smallest absolute Gasteiger partial charge is 0.325 e. The fraction of sp³-hybridized carbons (Fsp3) is 0.592. The van der Waals surface area contributed by atoms with Crippen molar-refractivity contribution in [1.29, 1.82) is 0 Å². The molecule has 2 aliphatic heterocycles. The van der Waals surface area contributed by atoms with Gasteiger partial charge in [0.1, 0.15) is 30.0 Å². The second-order valence-corrected chi connectivity index (χ2v) is 17.7. The highest BCUT2D eigenvalue weighted by Crippen LogP contribution is 2.28. The number of rotatable bonds is 12. The van der Waals surface area contributed by atoms with Crippen LogP contribution in [0.3, 0.4) is 0 Å². The average molecular weight is 859 g/mol. The number of allylic oxidation sites excluding steroid dienone is 5. The number of aliphatic hydroxyl groups is 2. The van der Waals surface area contributed by atoms with Crippen LogP contribution in [0.5, 0.6) is 0 Å². The summed E-state index contributed by atoms with van der Waals surface area (Å²) in [7, 11) is 0. The van der Waals surface area contributed by atoms with E-state index in [9.17, 15) is 39.0 Å². The van der Waals surface area contributed by atoms with E-state index in [2.05, 4.69) is 16.1 Å². The molecule has 2 fully saturated rings. The standard InChI is InChI=1S/C49H70N4O9/c1-32(2)44-47(59)50-41(31-37-20-11-7-12-21-37)48(60)53-30-16-23-40(52-53)49(61)62-43(33(3)17-15-22-38(55)28-27-36-18-9-6-10-19-36)25-14-8-13-24-42(56)35(5)45(57)39(46(58)51-44)29-26-34(4)54/h7-8,11-15,17,20-22,24,32,35-36,39-45,52,56-57H,6,9-10,16,18-19,23,25-31H2,1-5H3,(H,50,59)(H,51,58)/b14-8+,22-15+,24-13+,33-17+/t35?,39?,40?,41?,42-,43-,44?,45?/m0/s1. The van der Waals surface area contributed by atoms with Crippen LogP contribution in [0.4, 0.5) is 0 Å². The number of benzene rings is 1. The largest absolute Gasteiger partial charge is 0.456 e. The first-order valence-electron chi connectivity index (χ1n) is 22.6. The van der Waals surface area contributed by atoms with Gasteiger partial charge in [-0.1, -0.05) is 120 Å². The number of nitrogens with one attached hydrogen (secondary N) is 3. The number of aliphatic hydroxyl groups excluding tert-OH is 2. The fourth-order valence-electron chi connectivity index (χ4n) is 8.30. The predicted octanol–water partition coefficient (Wildman–Crippen LogP) is 5.55. The number of cyclic esters (lactones) is 1. The Hall–Kier alpha value is -4.72. The predicted molar refractivity (Wildman–Crippen MR) is 238 cm³/mol. The number of hydrogen-bond donors (Lipinski definition) is 5. The maximum absolute atomic E-state index is 14.4. The molecule has 340 valence electrons. The lowest BCUT2D eigenvalue weighted by Gasteiger charge is -2.36. The zero-order chi connectivity index (χ0) is 45.2. The Balaban J connectivity index is 1.65. The SMILES string of the molecule is CC(=O)CCC1C(=O)NC(C(C)C)C(=O)NC(Cc2ccccc2)C(=O)N2CCCC(N2)C(=O)O[C@H](/C(C)=C/C=C/C(=O)CCC2CCCCC2)C/C=C/C=C/[C@H](O)C(C)C1O. The van der Waals surface area contributed by atoms with Crippen molar-refractivity contribution < 1.29 is 43.7 Å². The monoisotopic (exact) mass is 859 g/mol. The molecule has 6 unspecified atom stereocenters. The van der Waals surface area contributed by atoms with Gasteiger partial charge in [0.25, 0.3) is 5.91 Å². The first-order valence-corrected chi connectivity index (χ1v) is 22.6. The number of carbonyl (C=O) groups excluding carboxylic acids is 6. The molecule has 1 saturated carbocycles. The van der Waals surface area contributed by atoms with Crippen molar-refractivity contribution in [3.8, 4) is 0 Å². The average Bonchev–Trinajstić information content (AvgIpc) is 3.26. The van der Waals surface area contributed by atoms with Crippen molar-refractivity contribution in [3.05, 3.63) is 84.0 Å². The van der Waals surface area contributed by atoms with Gasteiger partial charge in [-0.05, 0) is 68.6 Å². The van der Waals surface area contributed by atoms with Gasteiger partial charge in [-0.3, -0.25) is 29.0 Å². The van der Waals surface area contributed by atoms with Crippen LogP contribution in [-0.2, 0) is 39.9 Å². The topological polar surface area (TPSA) is 191 Å². The lowest BCUT2D eigenvalue weighted by molar-refractivity contribution is -0.156. The van der Waals surface area contributed by atoms with Gasteiger partial charge in [0.15, 0.2) is 5.78 Å². The van der Waals surface area contributed by atoms with E-state index in [1.807, 2.05) is 37.3 Å². The second kappa shape index (κ2) is 25.4. The molecule has 62 heavy (non-hydrogen) atoms. The van der Waals surface area contributed by atoms with Gasteiger partial charge in [0.05, 0.1) is 18.1 Å². The number of hydrazine groups is 1. The normalized spacial score (nSPS) is 29.2. The zero-order valence-electron chi connectivity index (χ0n) is 37.3. The molecule has 5 N–H and O–H groups in total. The number of esters is 1. The highest BCUT2D eigenvalue weighted by atomic mass is 16.5. The van der Waals surface area contributed by atoms with Gasteiger partial charge in [-0.15, -0.1) is 0 Å². The van der Waals surface area contributed by atoms with Gasteiger partial charge in [0.2, 0.25) is 11.8 Å². The van der Waals surface area contributed by atoms with E-state index >= 15 is 0 Å². The molecule has 1 aliphatic carbocycles. The molecular weight excluding hydrogens is 789 g/mol. The third-order valence-electron chi connectivity index (χ3n) is 12.4. The van der Waals surface area contributed by atoms with Crippen LogP contribution < -0.4 is 16.1 Å². The van der Waals surface area contributed by atoms with Crippen LogP contribution in [-0.4, -0.2) is 93.5 Å². The van der Waals surface area contributed by atoms with Crippen molar-refractivity contribution in [1.82, 2.24) is 21.1 Å². The Morgan fingerprint density at radius 2 is 1.63 bits per heavy atom. The van der Waals surface area contributed by atoms with Gasteiger partial charge in [-0.25, -0.2) is 5.43 Å². The van der Waals surface area contributed by atoms with Crippen molar-refractivity contribution in [2.75, 3.05) is 6.54 Å². The molecule has 13 nitrogen and oxygen atoms in total. The van der Waals surface area contributed by atoms with Crippen LogP contribution in [0.1, 0.15) is 117 Å². The van der Waals surface area contributed by atoms with Crippen molar-refractivity contribution in [3.63, 3.8) is 0 Å². The molecule has 2 heterocycles. The molecular formula is C49H70N4O9. The summed E-state index contributed by atoms with van der Waals surface area (Å²) in [6, 6.07) is 6.09. The van der Waals surface area contributed by atoms with Gasteiger partial charge >= 0.3 is 5.97 Å². The molecule has 13 heteroatoms. The molecule has 2 bridgehead atoms. The van der Waals surface area contributed by atoms with Gasteiger partial charge in [-0.2, -0.15) is 0 Å². The molecule has 1 saturated heterocycles. The van der Waals surface area contributed by atoms with Crippen molar-refractivity contribution >= 4 is 35.3 Å². The summed E-state index contributed by atoms with van der Waals surface area (Å²) < 4.78 is 6.11. The lowest BCUT2D eigenvalue weighted by Crippen LogP contribution is -2.62. The minimum absolute atomic E-state index is 0.00131. The van der Waals surface area contributed by atoms with Crippen molar-refractivity contribution in [2.24, 2.45) is 23.7 Å². The third kappa shape index (κ3) is 15.9. The van der Waals surface area contributed by atoms with E-state index in [4.69, 9.17) is 4.74 Å². The summed E-state index contributed by atoms with van der Waals surface area (Å²) in [5.74, 6) is -4.29. The number of fused-ring (bicyclic) bond motifs is 2. The molecule has 0 radical (unpaired) electrons. The van der Waals surface area contributed by atoms with E-state index in [1.54, 1.807) is 57.2 Å². The molecule has 1 aromatic carbocycles. The third-order valence-corrected chi connectivity index (χ3v) is 12.4. The minimum atomic E-state index is -1.39. The van der Waals surface area contributed by atoms with Crippen LogP contribution in [0, 0.1) is 23.7 Å². The Kier molecular flexibility index (Phi) is 20.5. The maximum atomic E-state index is 14.4. The van der Waals surface area contributed by atoms with Crippen molar-refractivity contribution in [2.45, 2.75) is 155 Å². The summed E-state index contributed by atoms with van der Waals surface area (Å²) in [5.41, 5.74) is 4.53. The molecule has 0 spiro atoms. The summed E-state index contributed by atoms with van der Waals surface area (Å²) >= 11 is 0. The summed E-state index contributed by atoms with van der Waals surface area (Å²) in [6.45, 7) is 8.57. The first kappa shape index (κ1) is 49.9. The number of carbonyl (C=O) groups is 6. The number of Topliss-reactive ketones (excluding diaryl/α,β-unsaturated/α-hetero) is 1. The molecule has 0 aromatic heterocycles. The quantitative estimate of drug-likeness (QED) is 0.101. The number of hydrogen-bond acceptors (Lipinski definition) is 10. The zero-order valence-corrected chi connectivity index (χ0v) is 37.3. The van der Waals surface area contributed by atoms with E-state index in [0.717, 1.165) is 12.0 Å². The summed E-state index contributed by atoms with van der Waals surface area (Å²) in [5, 5.41) is 29.6. The Morgan fingerprint density at radius 1 is 0.903 bits per heavy atom. The Labute approximate surface area is 367 Å². The Bertz CT molecular complexity index is 1780. The van der Waals surface area contributed by atoms with E-state index in [1.165, 1.54) is 50.1 Å². The lowest BCUT2D eigenvalue weighted by atomic mass is 9.84. The first-order chi connectivity index (χ1) is 29.6. The number of amides is 3. The number of nitrogens with zero attached hydrogens (tertiary/aromatic N) is 1. The van der Waals surface area contributed by atoms with Crippen LogP contribution >= 0.6 is 0 Å². The molecule has 1 aromatic rings. The summed E-state index contributed by atoms with van der Waals surface area (Å²) in [6.07, 6.45) is 17.0. The van der Waals surface area contributed by atoms with Crippen LogP contribution in [0.25, 0.3) is 0 Å². The maximum Gasteiger partial charge on any atom is 0.325 e. The molecule has 4 rings (SSSR count). The second-order valence-electron chi connectivity index (χ2n) is 17.7. The molecule has 3 amide bonds. The number of ketones is 2. The highest BCUT2D eigenvalue weighted by molar-refractivity contribution is 5.93. The van der Waals surface area contributed by atoms with Crippen LogP contribution in [0.2, 0.25) is 0 Å². The fourth-order valence-corrected chi connectivity index (χ4v) is 8.30. The van der Waals surface area contributed by atoms with E-state index < -0.39 is 77.9 Å². The van der Waals surface area contributed by atoms with E-state index in [0.29, 0.717) is 30.8 Å². The van der Waals surface area contributed by atoms with E-state index in [-0.39, 0.29) is 43.8 Å². The highest BCUT2D eigenvalue weighted by Gasteiger charge is 2.38. The minimum Gasteiger partial charge on any atom is -0.456 e. The van der Waals surface area contributed by atoms with Gasteiger partial charge < -0.3 is 30.4 Å². The Morgan fingerprint density at radius 3 is 2.32 bits per heavy atom. The van der Waals surface area contributed by atoms with Gasteiger partial charge in [0, 0.05) is 38.1 Å². The van der Waals surface area contributed by atoms with Crippen LogP contribution in [0.15, 0.2) is 78.4 Å². The molecule has 3 aliphatic rings. The summed E-state index contributed by atoms with van der Waals surface area (Å²) in [4.78, 5) is 81.1. The molecule has 8 atom stereocenters. The number of ether oxygens (including phenoxy) is 1.